The third-order valence-electron chi connectivity index (χ3n) is 10.0. The van der Waals surface area contributed by atoms with Crippen molar-refractivity contribution in [2.45, 2.75) is 91.6 Å². The maximum absolute atomic E-state index is 13.5. The second-order valence-electron chi connectivity index (χ2n) is 13.6. The quantitative estimate of drug-likeness (QED) is 0.441. The zero-order valence-corrected chi connectivity index (χ0v) is 26.0. The minimum Gasteiger partial charge on any atom is -0.482 e. The minimum absolute atomic E-state index is 0.0402. The Kier molecular flexibility index (Phi) is 8.24. The van der Waals surface area contributed by atoms with Gasteiger partial charge in [-0.2, -0.15) is 0 Å². The average molecular weight is 598 g/mol. The van der Waals surface area contributed by atoms with Crippen molar-refractivity contribution in [1.82, 2.24) is 4.98 Å². The van der Waals surface area contributed by atoms with E-state index >= 15 is 0 Å². The molecule has 10 nitrogen and oxygen atoms in total. The van der Waals surface area contributed by atoms with Gasteiger partial charge in [0.15, 0.2) is 0 Å². The molecule has 2 aliphatic carbocycles. The Morgan fingerprint density at radius 1 is 1.14 bits per heavy atom. The number of rotatable bonds is 7. The van der Waals surface area contributed by atoms with Crippen LogP contribution in [-0.4, -0.2) is 53.1 Å². The standard InChI is InChI=1S/C33H43NO9/c1-18(2)16-39-17-32(6)24-14-26(41-20(4)36)33(7)29(31(24,5)11-10-25(32)40-19(3)35)28(37)27-23(43-33)13-22(42-30(27)38)21-9-8-12-34-15-21/h8-9,12-13,15,18,24-26,28-29,37H,10-11,14,16-17H2,1-7H3/t24?,25-,26-,28-,29?,31-,32-,33+/m0/s1. The molecule has 0 saturated heterocycles. The van der Waals surface area contributed by atoms with Crippen LogP contribution in [-0.2, 0) is 23.8 Å². The van der Waals surface area contributed by atoms with E-state index < -0.39 is 52.3 Å². The molecule has 2 fully saturated rings. The van der Waals surface area contributed by atoms with Gasteiger partial charge in [-0.15, -0.1) is 0 Å². The smallest absolute Gasteiger partial charge is 0.345 e. The second kappa shape index (κ2) is 11.4. The summed E-state index contributed by atoms with van der Waals surface area (Å²) in [6.45, 7) is 13.7. The van der Waals surface area contributed by atoms with Gasteiger partial charge in [-0.25, -0.2) is 4.79 Å². The van der Waals surface area contributed by atoms with Crippen molar-refractivity contribution >= 4 is 11.9 Å². The third kappa shape index (κ3) is 5.37. The van der Waals surface area contributed by atoms with Gasteiger partial charge in [0.25, 0.3) is 0 Å². The van der Waals surface area contributed by atoms with Gasteiger partial charge < -0.3 is 28.5 Å². The van der Waals surface area contributed by atoms with Gasteiger partial charge in [-0.05, 0) is 55.6 Å². The first-order chi connectivity index (χ1) is 20.2. The fourth-order valence-corrected chi connectivity index (χ4v) is 8.30. The molecule has 2 saturated carbocycles. The number of esters is 2. The molecule has 8 atom stereocenters. The van der Waals surface area contributed by atoms with Gasteiger partial charge in [-0.3, -0.25) is 14.6 Å². The summed E-state index contributed by atoms with van der Waals surface area (Å²) in [5, 5.41) is 12.1. The highest BCUT2D eigenvalue weighted by Gasteiger charge is 2.70. The number of fused-ring (bicyclic) bond motifs is 4. The predicted molar refractivity (Wildman–Crippen MR) is 156 cm³/mol. The Morgan fingerprint density at radius 2 is 1.84 bits per heavy atom. The van der Waals surface area contributed by atoms with Crippen LogP contribution >= 0.6 is 0 Å². The number of hydrogen-bond acceptors (Lipinski definition) is 10. The first kappa shape index (κ1) is 31.2. The van der Waals surface area contributed by atoms with E-state index in [0.717, 1.165) is 0 Å². The van der Waals surface area contributed by atoms with Gasteiger partial charge in [0.1, 0.15) is 34.9 Å². The number of carbonyl (C=O) groups excluding carboxylic acids is 2. The van der Waals surface area contributed by atoms with Crippen molar-refractivity contribution in [2.24, 2.45) is 28.6 Å². The minimum atomic E-state index is -1.27. The molecule has 0 amide bonds. The average Bonchev–Trinajstić information content (AvgIpc) is 2.91. The zero-order chi connectivity index (χ0) is 31.3. The van der Waals surface area contributed by atoms with Gasteiger partial charge in [-0.1, -0.05) is 27.7 Å². The summed E-state index contributed by atoms with van der Waals surface area (Å²) in [6, 6.07) is 5.09. The molecule has 43 heavy (non-hydrogen) atoms. The number of hydrogen-bond donors (Lipinski definition) is 1. The summed E-state index contributed by atoms with van der Waals surface area (Å²) < 4.78 is 30.5. The highest BCUT2D eigenvalue weighted by Crippen LogP contribution is 2.67. The molecular formula is C33H43NO9. The van der Waals surface area contributed by atoms with E-state index in [2.05, 4.69) is 32.7 Å². The summed E-state index contributed by atoms with van der Waals surface area (Å²) in [7, 11) is 0. The van der Waals surface area contributed by atoms with Crippen LogP contribution in [0.5, 0.6) is 5.75 Å². The van der Waals surface area contributed by atoms with E-state index in [4.69, 9.17) is 23.4 Å². The lowest BCUT2D eigenvalue weighted by atomic mass is 9.42. The number of ether oxygens (including phenoxy) is 4. The van der Waals surface area contributed by atoms with Crippen LogP contribution in [0, 0.1) is 28.6 Å². The first-order valence-electron chi connectivity index (χ1n) is 15.1. The summed E-state index contributed by atoms with van der Waals surface area (Å²) in [5.41, 5.74) is -2.56. The first-order valence-corrected chi connectivity index (χ1v) is 15.1. The van der Waals surface area contributed by atoms with Crippen LogP contribution in [0.2, 0.25) is 0 Å². The van der Waals surface area contributed by atoms with Crippen LogP contribution in [0.4, 0.5) is 0 Å². The normalized spacial score (nSPS) is 34.8. The molecule has 1 aliphatic heterocycles. The Labute approximate surface area is 252 Å². The molecule has 3 heterocycles. The number of nitrogens with zero attached hydrogens (tertiary/aromatic N) is 1. The van der Waals surface area contributed by atoms with Crippen molar-refractivity contribution in [1.29, 1.82) is 0 Å². The number of pyridine rings is 1. The third-order valence-corrected chi connectivity index (χ3v) is 10.0. The van der Waals surface area contributed by atoms with Crippen molar-refractivity contribution in [3.63, 3.8) is 0 Å². The topological polar surface area (TPSA) is 134 Å². The summed E-state index contributed by atoms with van der Waals surface area (Å²) in [4.78, 5) is 42.3. The maximum Gasteiger partial charge on any atom is 0.345 e. The number of aromatic nitrogens is 1. The highest BCUT2D eigenvalue weighted by molar-refractivity contribution is 5.67. The molecular weight excluding hydrogens is 554 g/mol. The van der Waals surface area contributed by atoms with Crippen molar-refractivity contribution in [3.05, 3.63) is 46.6 Å². The number of aliphatic hydroxyl groups is 1. The van der Waals surface area contributed by atoms with Crippen LogP contribution in [0.15, 0.2) is 39.8 Å². The molecule has 2 aromatic rings. The van der Waals surface area contributed by atoms with E-state index in [-0.39, 0.29) is 29.0 Å². The fraction of sp³-hybridized carbons (Fsp3) is 0.636. The maximum atomic E-state index is 13.5. The molecule has 2 unspecified atom stereocenters. The summed E-state index contributed by atoms with van der Waals surface area (Å²) >= 11 is 0. The van der Waals surface area contributed by atoms with E-state index in [1.807, 2.05) is 6.92 Å². The molecule has 2 aromatic heterocycles. The van der Waals surface area contributed by atoms with E-state index in [1.165, 1.54) is 13.8 Å². The Morgan fingerprint density at radius 3 is 2.47 bits per heavy atom. The predicted octanol–water partition coefficient (Wildman–Crippen LogP) is 4.86. The molecule has 5 rings (SSSR count). The van der Waals surface area contributed by atoms with Crippen LogP contribution in [0.3, 0.4) is 0 Å². The molecule has 0 aromatic carbocycles. The van der Waals surface area contributed by atoms with Crippen molar-refractivity contribution in [2.75, 3.05) is 13.2 Å². The van der Waals surface area contributed by atoms with Gasteiger partial charge >= 0.3 is 17.6 Å². The van der Waals surface area contributed by atoms with Crippen LogP contribution < -0.4 is 10.4 Å². The van der Waals surface area contributed by atoms with E-state index in [0.29, 0.717) is 44.0 Å². The van der Waals surface area contributed by atoms with Crippen LogP contribution in [0.1, 0.15) is 79.4 Å². The Hall–Kier alpha value is -3.24. The summed E-state index contributed by atoms with van der Waals surface area (Å²) in [5.74, 6) is -0.997. The molecule has 234 valence electrons. The highest BCUT2D eigenvalue weighted by atomic mass is 16.6. The molecule has 10 heteroatoms. The molecule has 0 spiro atoms. The zero-order valence-electron chi connectivity index (χ0n) is 26.0. The lowest BCUT2D eigenvalue weighted by molar-refractivity contribution is -0.272. The monoisotopic (exact) mass is 597 g/mol. The Balaban J connectivity index is 1.64. The van der Waals surface area contributed by atoms with Crippen molar-refractivity contribution in [3.8, 4) is 17.1 Å². The molecule has 0 radical (unpaired) electrons. The Bertz CT molecular complexity index is 1420. The molecule has 3 aliphatic rings. The molecule has 1 N–H and O–H groups in total. The van der Waals surface area contributed by atoms with Gasteiger partial charge in [0, 0.05) is 55.8 Å². The van der Waals surface area contributed by atoms with E-state index in [9.17, 15) is 19.5 Å². The number of aliphatic hydroxyl groups excluding tert-OH is 1. The molecule has 0 bridgehead atoms. The van der Waals surface area contributed by atoms with E-state index in [1.54, 1.807) is 30.6 Å². The largest absolute Gasteiger partial charge is 0.482 e. The fourth-order valence-electron chi connectivity index (χ4n) is 8.30. The number of carbonyl (C=O) groups is 2. The lowest BCUT2D eigenvalue weighted by Gasteiger charge is -2.66. The summed E-state index contributed by atoms with van der Waals surface area (Å²) in [6.07, 6.45) is 2.21. The van der Waals surface area contributed by atoms with Crippen molar-refractivity contribution < 1.29 is 38.1 Å². The van der Waals surface area contributed by atoms with Gasteiger partial charge in [0.2, 0.25) is 0 Å². The van der Waals surface area contributed by atoms with Gasteiger partial charge in [0.05, 0.1) is 12.7 Å². The SMILES string of the molecule is CC(=O)O[C@H]1CC[C@@]2(C)C(C[C@H](OC(C)=O)[C@@]3(C)Oc4cc(-c5cccnc5)oc(=O)c4[C@H](O)C23)[C@]1(C)COCC(C)C. The van der Waals surface area contributed by atoms with Crippen LogP contribution in [0.25, 0.3) is 11.3 Å². The lowest BCUT2D eigenvalue weighted by Crippen LogP contribution is -2.71. The second-order valence-corrected chi connectivity index (χ2v) is 13.6.